The SMILES string of the molecule is C[C@H](Sc1ccc([N+](=O)[O-])cc1)C(=O)Nc1ccc2[nH]c(=O)[nH]c2c1. The first-order valence-electron chi connectivity index (χ1n) is 7.36. The van der Waals surface area contributed by atoms with E-state index in [1.807, 2.05) is 0 Å². The van der Waals surface area contributed by atoms with Gasteiger partial charge in [-0.05, 0) is 37.3 Å². The summed E-state index contributed by atoms with van der Waals surface area (Å²) in [5.41, 5.74) is 1.55. The number of rotatable bonds is 5. The summed E-state index contributed by atoms with van der Waals surface area (Å²) in [6.07, 6.45) is 0. The predicted molar refractivity (Wildman–Crippen MR) is 96.0 cm³/mol. The standard InChI is InChI=1S/C16H14N4O4S/c1-9(25-12-5-3-11(4-6-12)20(23)24)15(21)17-10-2-7-13-14(8-10)19-16(22)18-13/h2-9H,1H3,(H,17,21)(H2,18,19,22)/t9-/m0/s1. The lowest BCUT2D eigenvalue weighted by molar-refractivity contribution is -0.384. The highest BCUT2D eigenvalue weighted by atomic mass is 32.2. The van der Waals surface area contributed by atoms with Crippen molar-refractivity contribution in [3.63, 3.8) is 0 Å². The maximum Gasteiger partial charge on any atom is 0.323 e. The van der Waals surface area contributed by atoms with Crippen molar-refractivity contribution in [2.24, 2.45) is 0 Å². The summed E-state index contributed by atoms with van der Waals surface area (Å²) in [5, 5.41) is 13.0. The summed E-state index contributed by atoms with van der Waals surface area (Å²) in [4.78, 5) is 39.8. The van der Waals surface area contributed by atoms with E-state index in [0.29, 0.717) is 16.7 Å². The van der Waals surface area contributed by atoms with Gasteiger partial charge in [-0.2, -0.15) is 0 Å². The fourth-order valence-corrected chi connectivity index (χ4v) is 3.13. The Morgan fingerprint density at radius 1 is 1.16 bits per heavy atom. The van der Waals surface area contributed by atoms with E-state index in [9.17, 15) is 19.7 Å². The molecule has 0 aliphatic carbocycles. The van der Waals surface area contributed by atoms with Crippen molar-refractivity contribution in [2.45, 2.75) is 17.1 Å². The number of carbonyl (C=O) groups excluding carboxylic acids is 1. The molecule has 0 saturated carbocycles. The average molecular weight is 358 g/mol. The van der Waals surface area contributed by atoms with Crippen LogP contribution < -0.4 is 11.0 Å². The Hall–Kier alpha value is -3.07. The molecule has 0 saturated heterocycles. The van der Waals surface area contributed by atoms with E-state index in [0.717, 1.165) is 4.90 Å². The molecule has 3 aromatic rings. The van der Waals surface area contributed by atoms with E-state index >= 15 is 0 Å². The fraction of sp³-hybridized carbons (Fsp3) is 0.125. The minimum Gasteiger partial charge on any atom is -0.325 e. The number of nitrogens with one attached hydrogen (secondary N) is 3. The molecule has 0 bridgehead atoms. The molecule has 1 aromatic heterocycles. The third kappa shape index (κ3) is 3.89. The first-order chi connectivity index (χ1) is 11.9. The number of thioether (sulfide) groups is 1. The molecule has 2 aromatic carbocycles. The van der Waals surface area contributed by atoms with E-state index in [2.05, 4.69) is 15.3 Å². The molecular formula is C16H14N4O4S. The van der Waals surface area contributed by atoms with Crippen LogP contribution in [0.15, 0.2) is 52.2 Å². The second-order valence-corrected chi connectivity index (χ2v) is 6.75. The number of amides is 1. The molecule has 1 heterocycles. The highest BCUT2D eigenvalue weighted by Gasteiger charge is 2.15. The minimum atomic E-state index is -0.466. The Kier molecular flexibility index (Phi) is 4.57. The summed E-state index contributed by atoms with van der Waals surface area (Å²) in [5.74, 6) is -0.208. The second-order valence-electron chi connectivity index (χ2n) is 5.34. The summed E-state index contributed by atoms with van der Waals surface area (Å²) in [7, 11) is 0. The van der Waals surface area contributed by atoms with Crippen LogP contribution in [0.1, 0.15) is 6.92 Å². The molecule has 3 rings (SSSR count). The van der Waals surface area contributed by atoms with Crippen LogP contribution in [0.3, 0.4) is 0 Å². The third-order valence-corrected chi connectivity index (χ3v) is 4.63. The molecule has 9 heteroatoms. The van der Waals surface area contributed by atoms with Gasteiger partial charge in [-0.25, -0.2) is 4.79 Å². The van der Waals surface area contributed by atoms with Crippen LogP contribution in [-0.2, 0) is 4.79 Å². The number of non-ortho nitro benzene ring substituents is 1. The summed E-state index contributed by atoms with van der Waals surface area (Å²) in [6, 6.07) is 11.1. The molecule has 1 amide bonds. The summed E-state index contributed by atoms with van der Waals surface area (Å²) < 4.78 is 0. The number of nitrogens with zero attached hydrogens (tertiary/aromatic N) is 1. The number of aromatic amines is 2. The Morgan fingerprint density at radius 3 is 2.52 bits per heavy atom. The van der Waals surface area contributed by atoms with Gasteiger partial charge in [0.2, 0.25) is 5.91 Å². The highest BCUT2D eigenvalue weighted by Crippen LogP contribution is 2.26. The summed E-state index contributed by atoms with van der Waals surface area (Å²) in [6.45, 7) is 1.75. The predicted octanol–water partition coefficient (Wildman–Crippen LogP) is 2.88. The van der Waals surface area contributed by atoms with Crippen LogP contribution in [0.4, 0.5) is 11.4 Å². The van der Waals surface area contributed by atoms with Crippen LogP contribution >= 0.6 is 11.8 Å². The lowest BCUT2D eigenvalue weighted by Crippen LogP contribution is -2.22. The van der Waals surface area contributed by atoms with Gasteiger partial charge in [0.05, 0.1) is 21.2 Å². The van der Waals surface area contributed by atoms with Gasteiger partial charge < -0.3 is 15.3 Å². The van der Waals surface area contributed by atoms with Crippen molar-refractivity contribution in [1.82, 2.24) is 9.97 Å². The monoisotopic (exact) mass is 358 g/mol. The number of H-pyrrole nitrogens is 2. The number of imidazole rings is 1. The van der Waals surface area contributed by atoms with Gasteiger partial charge in [0.15, 0.2) is 0 Å². The largest absolute Gasteiger partial charge is 0.325 e. The van der Waals surface area contributed by atoms with Gasteiger partial charge in [-0.15, -0.1) is 11.8 Å². The van der Waals surface area contributed by atoms with Crippen molar-refractivity contribution < 1.29 is 9.72 Å². The molecule has 0 fully saturated rings. The molecule has 0 aliphatic heterocycles. The van der Waals surface area contributed by atoms with Gasteiger partial charge in [-0.1, -0.05) is 0 Å². The molecule has 128 valence electrons. The van der Waals surface area contributed by atoms with Gasteiger partial charge in [0.25, 0.3) is 5.69 Å². The van der Waals surface area contributed by atoms with Crippen LogP contribution in [0.25, 0.3) is 11.0 Å². The smallest absolute Gasteiger partial charge is 0.323 e. The maximum atomic E-state index is 12.3. The zero-order chi connectivity index (χ0) is 18.0. The number of nitro benzene ring substituents is 1. The number of benzene rings is 2. The van der Waals surface area contributed by atoms with E-state index < -0.39 is 10.2 Å². The number of hydrogen-bond acceptors (Lipinski definition) is 5. The number of anilines is 1. The normalized spacial score (nSPS) is 12.0. The molecule has 1 atom stereocenters. The van der Waals surface area contributed by atoms with Crippen LogP contribution in [0, 0.1) is 10.1 Å². The zero-order valence-corrected chi connectivity index (χ0v) is 13.9. The number of fused-ring (bicyclic) bond motifs is 1. The Bertz CT molecular complexity index is 993. The third-order valence-electron chi connectivity index (χ3n) is 3.51. The summed E-state index contributed by atoms with van der Waals surface area (Å²) >= 11 is 1.30. The lowest BCUT2D eigenvalue weighted by Gasteiger charge is -2.12. The first-order valence-corrected chi connectivity index (χ1v) is 8.24. The van der Waals surface area contributed by atoms with Gasteiger partial charge >= 0.3 is 5.69 Å². The molecule has 8 nitrogen and oxygen atoms in total. The van der Waals surface area contributed by atoms with Crippen molar-refractivity contribution in [1.29, 1.82) is 0 Å². The fourth-order valence-electron chi connectivity index (χ4n) is 2.26. The molecule has 0 spiro atoms. The number of nitro groups is 1. The Morgan fingerprint density at radius 2 is 1.84 bits per heavy atom. The number of carbonyl (C=O) groups is 1. The molecular weight excluding hydrogens is 344 g/mol. The van der Waals surface area contributed by atoms with Crippen LogP contribution in [-0.4, -0.2) is 26.0 Å². The van der Waals surface area contributed by atoms with Crippen LogP contribution in [0.2, 0.25) is 0 Å². The molecule has 0 unspecified atom stereocenters. The first kappa shape index (κ1) is 16.8. The van der Waals surface area contributed by atoms with E-state index in [1.54, 1.807) is 37.3 Å². The van der Waals surface area contributed by atoms with E-state index in [4.69, 9.17) is 0 Å². The molecule has 0 aliphatic rings. The van der Waals surface area contributed by atoms with Crippen molar-refractivity contribution in [2.75, 3.05) is 5.32 Å². The van der Waals surface area contributed by atoms with Crippen molar-refractivity contribution in [3.05, 3.63) is 63.1 Å². The molecule has 0 radical (unpaired) electrons. The van der Waals surface area contributed by atoms with E-state index in [-0.39, 0.29) is 17.3 Å². The molecule has 25 heavy (non-hydrogen) atoms. The van der Waals surface area contributed by atoms with Crippen LogP contribution in [0.5, 0.6) is 0 Å². The number of aromatic nitrogens is 2. The topological polar surface area (TPSA) is 121 Å². The molecule has 3 N–H and O–H groups in total. The lowest BCUT2D eigenvalue weighted by atomic mass is 10.2. The highest BCUT2D eigenvalue weighted by molar-refractivity contribution is 8.00. The average Bonchev–Trinajstić information content (AvgIpc) is 2.94. The van der Waals surface area contributed by atoms with Crippen molar-refractivity contribution >= 4 is 40.1 Å². The Balaban J connectivity index is 1.66. The number of hydrogen-bond donors (Lipinski definition) is 3. The van der Waals surface area contributed by atoms with E-state index in [1.165, 1.54) is 23.9 Å². The van der Waals surface area contributed by atoms with Gasteiger partial charge in [0, 0.05) is 22.7 Å². The van der Waals surface area contributed by atoms with Crippen molar-refractivity contribution in [3.8, 4) is 0 Å². The second kappa shape index (κ2) is 6.81. The minimum absolute atomic E-state index is 0.00949. The van der Waals surface area contributed by atoms with Gasteiger partial charge in [0.1, 0.15) is 0 Å². The quantitative estimate of drug-likeness (QED) is 0.368. The van der Waals surface area contributed by atoms with Gasteiger partial charge in [-0.3, -0.25) is 14.9 Å². The maximum absolute atomic E-state index is 12.3. The zero-order valence-electron chi connectivity index (χ0n) is 13.1. The Labute approximate surface area is 145 Å².